The van der Waals surface area contributed by atoms with Gasteiger partial charge in [0, 0.05) is 20.8 Å². The van der Waals surface area contributed by atoms with E-state index in [4.69, 9.17) is 4.74 Å². The third-order valence-electron chi connectivity index (χ3n) is 3.44. The van der Waals surface area contributed by atoms with Gasteiger partial charge in [0.15, 0.2) is 0 Å². The van der Waals surface area contributed by atoms with Gasteiger partial charge in [0.05, 0.1) is 11.1 Å². The van der Waals surface area contributed by atoms with E-state index in [9.17, 15) is 28.8 Å². The Morgan fingerprint density at radius 3 is 1.71 bits per heavy atom. The average molecular weight is 428 g/mol. The van der Waals surface area contributed by atoms with Gasteiger partial charge in [-0.05, 0) is 24.3 Å². The highest BCUT2D eigenvalue weighted by molar-refractivity contribution is 6.11. The van der Waals surface area contributed by atoms with E-state index in [1.165, 1.54) is 12.1 Å². The van der Waals surface area contributed by atoms with Gasteiger partial charge in [-0.2, -0.15) is 0 Å². The van der Waals surface area contributed by atoms with E-state index in [2.05, 4.69) is 14.2 Å². The lowest BCUT2D eigenvalue weighted by Gasteiger charge is -2.15. The minimum Gasteiger partial charge on any atom is -0.456 e. The number of hydrogen-bond acceptors (Lipinski definition) is 10. The van der Waals surface area contributed by atoms with Crippen LogP contribution in [0.2, 0.25) is 0 Å². The molecule has 0 saturated carbocycles. The van der Waals surface area contributed by atoms with Crippen LogP contribution in [-0.4, -0.2) is 35.8 Å². The van der Waals surface area contributed by atoms with Crippen molar-refractivity contribution >= 4 is 35.8 Å². The smallest absolute Gasteiger partial charge is 0.350 e. The summed E-state index contributed by atoms with van der Waals surface area (Å²) in [5.41, 5.74) is -1.56. The molecule has 2 aromatic rings. The molecule has 0 fully saturated rings. The summed E-state index contributed by atoms with van der Waals surface area (Å²) in [6.07, 6.45) is 0. The van der Waals surface area contributed by atoms with E-state index in [1.54, 1.807) is 18.2 Å². The fourth-order valence-electron chi connectivity index (χ4n) is 2.36. The summed E-state index contributed by atoms with van der Waals surface area (Å²) in [5, 5.41) is 0. The summed E-state index contributed by atoms with van der Waals surface area (Å²) in [5.74, 6) is -6.87. The first-order chi connectivity index (χ1) is 14.6. The van der Waals surface area contributed by atoms with Crippen LogP contribution in [0.3, 0.4) is 0 Å². The number of carbonyl (C=O) groups is 6. The Morgan fingerprint density at radius 2 is 1.16 bits per heavy atom. The molecule has 31 heavy (non-hydrogen) atoms. The lowest BCUT2D eigenvalue weighted by molar-refractivity contribution is -0.136. The normalized spacial score (nSPS) is 9.90. The van der Waals surface area contributed by atoms with Crippen molar-refractivity contribution in [3.63, 3.8) is 0 Å². The van der Waals surface area contributed by atoms with Crippen LogP contribution in [0.1, 0.15) is 51.8 Å². The molecule has 0 aromatic heterocycles. The van der Waals surface area contributed by atoms with Crippen LogP contribution in [0.5, 0.6) is 11.5 Å². The molecule has 0 saturated heterocycles. The molecule has 0 atom stereocenters. The predicted octanol–water partition coefficient (Wildman–Crippen LogP) is 2.59. The zero-order chi connectivity index (χ0) is 23.1. The quantitative estimate of drug-likeness (QED) is 0.396. The first-order valence-electron chi connectivity index (χ1n) is 8.67. The fourth-order valence-corrected chi connectivity index (χ4v) is 2.36. The zero-order valence-corrected chi connectivity index (χ0v) is 16.6. The van der Waals surface area contributed by atoms with Crippen molar-refractivity contribution < 1.29 is 47.7 Å². The van der Waals surface area contributed by atoms with Crippen molar-refractivity contribution in [2.24, 2.45) is 0 Å². The monoisotopic (exact) mass is 428 g/mol. The first-order valence-corrected chi connectivity index (χ1v) is 8.67. The summed E-state index contributed by atoms with van der Waals surface area (Å²) >= 11 is 0. The molecule has 0 spiro atoms. The van der Waals surface area contributed by atoms with Crippen LogP contribution in [0.4, 0.5) is 0 Å². The molecule has 0 bridgehead atoms. The summed E-state index contributed by atoms with van der Waals surface area (Å²) in [4.78, 5) is 70.9. The van der Waals surface area contributed by atoms with Crippen molar-refractivity contribution in [3.8, 4) is 11.5 Å². The minimum absolute atomic E-state index is 0.197. The van der Waals surface area contributed by atoms with Gasteiger partial charge in [-0.15, -0.1) is 0 Å². The Kier molecular flexibility index (Phi) is 7.34. The molecule has 0 aliphatic carbocycles. The molecular weight excluding hydrogens is 412 g/mol. The number of esters is 6. The Morgan fingerprint density at radius 1 is 0.645 bits per heavy atom. The van der Waals surface area contributed by atoms with Gasteiger partial charge in [0.1, 0.15) is 17.1 Å². The average Bonchev–Trinajstić information content (AvgIpc) is 2.66. The van der Waals surface area contributed by atoms with Crippen molar-refractivity contribution in [2.45, 2.75) is 20.8 Å². The Hall–Kier alpha value is -4.34. The zero-order valence-electron chi connectivity index (χ0n) is 16.6. The lowest BCUT2D eigenvalue weighted by atomic mass is 10.0. The van der Waals surface area contributed by atoms with Gasteiger partial charge < -0.3 is 18.9 Å². The van der Waals surface area contributed by atoms with Gasteiger partial charge in [-0.25, -0.2) is 14.4 Å². The molecule has 2 aromatic carbocycles. The second-order valence-corrected chi connectivity index (χ2v) is 5.96. The van der Waals surface area contributed by atoms with Crippen LogP contribution < -0.4 is 4.74 Å². The molecule has 0 amide bonds. The van der Waals surface area contributed by atoms with Gasteiger partial charge in [0.2, 0.25) is 0 Å². The number of ether oxygens (including phenoxy) is 4. The molecule has 10 nitrogen and oxygen atoms in total. The predicted molar refractivity (Wildman–Crippen MR) is 101 cm³/mol. The molecule has 10 heteroatoms. The summed E-state index contributed by atoms with van der Waals surface area (Å²) in [6.45, 7) is 2.89. The number of carbonyl (C=O) groups excluding carboxylic acids is 6. The second kappa shape index (κ2) is 9.92. The number of para-hydroxylation sites is 1. The minimum atomic E-state index is -1.32. The second-order valence-electron chi connectivity index (χ2n) is 5.96. The third kappa shape index (κ3) is 6.32. The summed E-state index contributed by atoms with van der Waals surface area (Å²) < 4.78 is 19.2. The van der Waals surface area contributed by atoms with E-state index in [1.807, 2.05) is 0 Å². The maximum absolute atomic E-state index is 12.6. The van der Waals surface area contributed by atoms with E-state index in [0.29, 0.717) is 0 Å². The highest BCUT2D eigenvalue weighted by atomic mass is 16.6. The largest absolute Gasteiger partial charge is 0.456 e. The van der Waals surface area contributed by atoms with Crippen LogP contribution in [0, 0.1) is 0 Å². The Labute approximate surface area is 175 Å². The SMILES string of the molecule is CC(=O)OC(=O)c1cc(Oc2ccccc2)c(C(=O)OC(C)=O)c(C(=O)OC(C)=O)c1. The van der Waals surface area contributed by atoms with Gasteiger partial charge in [-0.1, -0.05) is 18.2 Å². The summed E-state index contributed by atoms with van der Waals surface area (Å²) in [7, 11) is 0. The van der Waals surface area contributed by atoms with Crippen LogP contribution in [0.15, 0.2) is 42.5 Å². The van der Waals surface area contributed by atoms with E-state index < -0.39 is 46.9 Å². The van der Waals surface area contributed by atoms with Crippen LogP contribution in [0.25, 0.3) is 0 Å². The highest BCUT2D eigenvalue weighted by Gasteiger charge is 2.29. The fraction of sp³-hybridized carbons (Fsp3) is 0.143. The molecule has 0 heterocycles. The van der Waals surface area contributed by atoms with E-state index in [-0.39, 0.29) is 17.1 Å². The van der Waals surface area contributed by atoms with Crippen molar-refractivity contribution in [1.82, 2.24) is 0 Å². The number of rotatable bonds is 5. The van der Waals surface area contributed by atoms with E-state index in [0.717, 1.165) is 32.9 Å². The van der Waals surface area contributed by atoms with Gasteiger partial charge in [-0.3, -0.25) is 14.4 Å². The standard InChI is InChI=1S/C21H16O10/c1-11(22)28-19(25)14-9-16(20(26)29-12(2)23)18(21(27)30-13(3)24)17(10-14)31-15-7-5-4-6-8-15/h4-10H,1-3H3. The van der Waals surface area contributed by atoms with Gasteiger partial charge in [0.25, 0.3) is 0 Å². The molecule has 2 rings (SSSR count). The lowest BCUT2D eigenvalue weighted by Crippen LogP contribution is -2.20. The molecule has 0 N–H and O–H groups in total. The highest BCUT2D eigenvalue weighted by Crippen LogP contribution is 2.31. The number of benzene rings is 2. The maximum atomic E-state index is 12.6. The van der Waals surface area contributed by atoms with Crippen molar-refractivity contribution in [2.75, 3.05) is 0 Å². The number of hydrogen-bond donors (Lipinski definition) is 0. The van der Waals surface area contributed by atoms with Crippen molar-refractivity contribution in [3.05, 3.63) is 59.2 Å². The van der Waals surface area contributed by atoms with E-state index >= 15 is 0 Å². The molecule has 160 valence electrons. The summed E-state index contributed by atoms with van der Waals surface area (Å²) in [6, 6.07) is 9.80. The molecular formula is C21H16O10. The van der Waals surface area contributed by atoms with Crippen LogP contribution in [-0.2, 0) is 28.6 Å². The van der Waals surface area contributed by atoms with Crippen molar-refractivity contribution in [1.29, 1.82) is 0 Å². The maximum Gasteiger partial charge on any atom is 0.350 e. The van der Waals surface area contributed by atoms with Gasteiger partial charge >= 0.3 is 35.8 Å². The molecule has 0 unspecified atom stereocenters. The molecule has 0 radical (unpaired) electrons. The third-order valence-corrected chi connectivity index (χ3v) is 3.44. The topological polar surface area (TPSA) is 139 Å². The first kappa shape index (κ1) is 22.9. The van der Waals surface area contributed by atoms with Crippen LogP contribution >= 0.6 is 0 Å². The Bertz CT molecular complexity index is 1070. The molecule has 0 aliphatic heterocycles. The molecule has 0 aliphatic rings. The Balaban J connectivity index is 2.73.